The van der Waals surface area contributed by atoms with E-state index in [0.29, 0.717) is 5.04 Å². The Morgan fingerprint density at radius 2 is 2.43 bits per heavy atom. The lowest BCUT2D eigenvalue weighted by molar-refractivity contribution is 1.57. The normalized spacial score (nSPS) is 16.9. The molecule has 1 rings (SSSR count). The quantitative estimate of drug-likeness (QED) is 0.537. The summed E-state index contributed by atoms with van der Waals surface area (Å²) in [7, 11) is 0. The zero-order chi connectivity index (χ0) is 4.41. The van der Waals surface area contributed by atoms with Crippen molar-refractivity contribution in [2.24, 2.45) is 0 Å². The first-order chi connectivity index (χ1) is 2.89. The van der Waals surface area contributed by atoms with Gasteiger partial charge in [-0.3, -0.25) is 5.41 Å². The van der Waals surface area contributed by atoms with Crippen molar-refractivity contribution in [3.63, 3.8) is 0 Å². The molecule has 0 spiro atoms. The summed E-state index contributed by atoms with van der Waals surface area (Å²) >= 11 is 1.57. The van der Waals surface area contributed by atoms with E-state index in [1.165, 1.54) is 0 Å². The van der Waals surface area contributed by atoms with E-state index in [0.717, 1.165) is 5.75 Å². The number of thioether (sulfide) groups is 1. The lowest BCUT2D eigenvalue weighted by Crippen LogP contribution is -1.70. The molecular formula is C4H6ClNS. The van der Waals surface area contributed by atoms with Gasteiger partial charge in [-0.2, -0.15) is 0 Å². The Morgan fingerprint density at radius 1 is 1.71 bits per heavy atom. The van der Waals surface area contributed by atoms with Crippen molar-refractivity contribution in [3.05, 3.63) is 12.2 Å². The van der Waals surface area contributed by atoms with Crippen LogP contribution in [0, 0.1) is 5.41 Å². The molecule has 0 aromatic rings. The average Bonchev–Trinajstić information content (AvgIpc) is 1.86. The summed E-state index contributed by atoms with van der Waals surface area (Å²) in [6.45, 7) is 0. The summed E-state index contributed by atoms with van der Waals surface area (Å²) in [6, 6.07) is 0. The van der Waals surface area contributed by atoms with Crippen molar-refractivity contribution in [3.8, 4) is 0 Å². The van der Waals surface area contributed by atoms with E-state index in [2.05, 4.69) is 0 Å². The molecule has 40 valence electrons. The number of hydrogen-bond donors (Lipinski definition) is 1. The van der Waals surface area contributed by atoms with Crippen molar-refractivity contribution < 1.29 is 0 Å². The molecule has 0 atom stereocenters. The molecule has 0 radical (unpaired) electrons. The molecular weight excluding hydrogens is 130 g/mol. The Hall–Kier alpha value is 0.0500. The third-order valence-electron chi connectivity index (χ3n) is 0.604. The summed E-state index contributed by atoms with van der Waals surface area (Å²) in [5.74, 6) is 0.999. The summed E-state index contributed by atoms with van der Waals surface area (Å²) in [5.41, 5.74) is 0. The van der Waals surface area contributed by atoms with E-state index in [9.17, 15) is 0 Å². The van der Waals surface area contributed by atoms with Gasteiger partial charge in [-0.05, 0) is 6.08 Å². The molecule has 1 N–H and O–H groups in total. The fourth-order valence-corrected chi connectivity index (χ4v) is 0.906. The molecule has 1 heterocycles. The van der Waals surface area contributed by atoms with E-state index in [1.54, 1.807) is 11.8 Å². The second-order valence-corrected chi connectivity index (χ2v) is 2.14. The summed E-state index contributed by atoms with van der Waals surface area (Å²) in [6.07, 6.45) is 3.82. The molecule has 1 aliphatic rings. The molecule has 0 bridgehead atoms. The SMILES string of the molecule is Cl.N=C1C=CCS1. The van der Waals surface area contributed by atoms with Crippen LogP contribution in [0.2, 0.25) is 0 Å². The summed E-state index contributed by atoms with van der Waals surface area (Å²) < 4.78 is 0. The minimum Gasteiger partial charge on any atom is -0.294 e. The predicted octanol–water partition coefficient (Wildman–Crippen LogP) is 1.69. The zero-order valence-corrected chi connectivity index (χ0v) is 5.31. The predicted molar refractivity (Wildman–Crippen MR) is 36.6 cm³/mol. The van der Waals surface area contributed by atoms with E-state index >= 15 is 0 Å². The summed E-state index contributed by atoms with van der Waals surface area (Å²) in [4.78, 5) is 0. The van der Waals surface area contributed by atoms with Crippen LogP contribution < -0.4 is 0 Å². The van der Waals surface area contributed by atoms with Gasteiger partial charge in [0.2, 0.25) is 0 Å². The lowest BCUT2D eigenvalue weighted by atomic mass is 10.6. The van der Waals surface area contributed by atoms with Crippen LogP contribution in [0.3, 0.4) is 0 Å². The fourth-order valence-electron chi connectivity index (χ4n) is 0.341. The monoisotopic (exact) mass is 135 g/mol. The molecule has 1 aliphatic heterocycles. The maximum absolute atomic E-state index is 6.92. The second kappa shape index (κ2) is 3.10. The number of hydrogen-bond acceptors (Lipinski definition) is 2. The van der Waals surface area contributed by atoms with Crippen molar-refractivity contribution >= 4 is 29.2 Å². The van der Waals surface area contributed by atoms with Gasteiger partial charge in [0.1, 0.15) is 0 Å². The number of rotatable bonds is 0. The highest BCUT2D eigenvalue weighted by molar-refractivity contribution is 8.14. The van der Waals surface area contributed by atoms with Gasteiger partial charge >= 0.3 is 0 Å². The van der Waals surface area contributed by atoms with Crippen LogP contribution in [-0.4, -0.2) is 10.8 Å². The van der Waals surface area contributed by atoms with Gasteiger partial charge < -0.3 is 0 Å². The molecule has 0 amide bonds. The zero-order valence-electron chi connectivity index (χ0n) is 3.68. The van der Waals surface area contributed by atoms with Gasteiger partial charge in [-0.1, -0.05) is 6.08 Å². The Bertz CT molecular complexity index is 99.9. The highest BCUT2D eigenvalue weighted by atomic mass is 35.5. The maximum Gasteiger partial charge on any atom is 0.0870 e. The van der Waals surface area contributed by atoms with Crippen molar-refractivity contribution in [1.82, 2.24) is 0 Å². The molecule has 0 saturated heterocycles. The molecule has 0 saturated carbocycles. The van der Waals surface area contributed by atoms with Crippen LogP contribution in [0.15, 0.2) is 12.2 Å². The van der Waals surface area contributed by atoms with Crippen LogP contribution in [0.5, 0.6) is 0 Å². The minimum absolute atomic E-state index is 0. The number of halogens is 1. The van der Waals surface area contributed by atoms with E-state index in [-0.39, 0.29) is 12.4 Å². The standard InChI is InChI=1S/C4H5NS.ClH/c5-4-2-1-3-6-4;/h1-2,5H,3H2;1H. The first-order valence-corrected chi connectivity index (χ1v) is 2.76. The highest BCUT2D eigenvalue weighted by Gasteiger charge is 1.94. The first kappa shape index (κ1) is 7.05. The Labute approximate surface area is 53.1 Å². The lowest BCUT2D eigenvalue weighted by Gasteiger charge is -1.76. The smallest absolute Gasteiger partial charge is 0.0870 e. The van der Waals surface area contributed by atoms with Crippen molar-refractivity contribution in [1.29, 1.82) is 5.41 Å². The van der Waals surface area contributed by atoms with Crippen LogP contribution in [0.1, 0.15) is 0 Å². The van der Waals surface area contributed by atoms with Crippen LogP contribution in [0.4, 0.5) is 0 Å². The second-order valence-electron chi connectivity index (χ2n) is 1.08. The van der Waals surface area contributed by atoms with Gasteiger partial charge in [0.15, 0.2) is 0 Å². The van der Waals surface area contributed by atoms with Crippen LogP contribution >= 0.6 is 24.2 Å². The molecule has 0 aliphatic carbocycles. The van der Waals surface area contributed by atoms with E-state index < -0.39 is 0 Å². The third kappa shape index (κ3) is 2.00. The van der Waals surface area contributed by atoms with Crippen molar-refractivity contribution in [2.75, 3.05) is 5.75 Å². The molecule has 0 unspecified atom stereocenters. The van der Waals surface area contributed by atoms with Gasteiger partial charge in [0, 0.05) is 5.75 Å². The molecule has 0 aromatic carbocycles. The van der Waals surface area contributed by atoms with Crippen molar-refractivity contribution in [2.45, 2.75) is 0 Å². The Balaban J connectivity index is 0.000000360. The van der Waals surface area contributed by atoms with Gasteiger partial charge in [0.05, 0.1) is 5.04 Å². The largest absolute Gasteiger partial charge is 0.294 e. The molecule has 3 heteroatoms. The Kier molecular flexibility index (Phi) is 3.13. The Morgan fingerprint density at radius 3 is 2.57 bits per heavy atom. The fraction of sp³-hybridized carbons (Fsp3) is 0.250. The average molecular weight is 136 g/mol. The molecule has 0 fully saturated rings. The minimum atomic E-state index is 0. The van der Waals surface area contributed by atoms with Gasteiger partial charge in [0.25, 0.3) is 0 Å². The van der Waals surface area contributed by atoms with Gasteiger partial charge in [-0.25, -0.2) is 0 Å². The maximum atomic E-state index is 6.92. The molecule has 0 aromatic heterocycles. The molecule has 1 nitrogen and oxygen atoms in total. The van der Waals surface area contributed by atoms with Gasteiger partial charge in [-0.15, -0.1) is 24.2 Å². The molecule has 7 heavy (non-hydrogen) atoms. The third-order valence-corrected chi connectivity index (χ3v) is 1.41. The van der Waals surface area contributed by atoms with Crippen LogP contribution in [-0.2, 0) is 0 Å². The van der Waals surface area contributed by atoms with E-state index in [1.807, 2.05) is 12.2 Å². The highest BCUT2D eigenvalue weighted by Crippen LogP contribution is 2.09. The van der Waals surface area contributed by atoms with E-state index in [4.69, 9.17) is 5.41 Å². The topological polar surface area (TPSA) is 23.9 Å². The first-order valence-electron chi connectivity index (χ1n) is 1.77. The number of nitrogens with one attached hydrogen (secondary N) is 1. The van der Waals surface area contributed by atoms with Crippen LogP contribution in [0.25, 0.3) is 0 Å². The summed E-state index contributed by atoms with van der Waals surface area (Å²) in [5, 5.41) is 7.61.